The fourth-order valence-corrected chi connectivity index (χ4v) is 3.27. The number of nitrogens with one attached hydrogen (secondary N) is 1. The first-order chi connectivity index (χ1) is 11.5. The third-order valence-electron chi connectivity index (χ3n) is 3.29. The summed E-state index contributed by atoms with van der Waals surface area (Å²) in [5, 5.41) is 3.54. The van der Waals surface area contributed by atoms with Gasteiger partial charge in [0.25, 0.3) is 0 Å². The van der Waals surface area contributed by atoms with E-state index >= 15 is 0 Å². The molecule has 0 heterocycles. The molecular formula is C19H22ClNO2S. The van der Waals surface area contributed by atoms with E-state index < -0.39 is 0 Å². The smallest absolute Gasteiger partial charge is 0.230 e. The molecule has 0 aliphatic heterocycles. The third-order valence-corrected chi connectivity index (χ3v) is 4.55. The Morgan fingerprint density at radius 2 is 1.79 bits per heavy atom. The Kier molecular flexibility index (Phi) is 7.47. The van der Waals surface area contributed by atoms with Crippen LogP contribution in [0.25, 0.3) is 0 Å². The summed E-state index contributed by atoms with van der Waals surface area (Å²) in [6.07, 6.45) is 0. The molecule has 24 heavy (non-hydrogen) atoms. The fraction of sp³-hybridized carbons (Fsp3) is 0.316. The van der Waals surface area contributed by atoms with Crippen LogP contribution in [0.3, 0.4) is 0 Å². The summed E-state index contributed by atoms with van der Waals surface area (Å²) < 4.78 is 5.53. The molecule has 0 spiro atoms. The molecule has 0 saturated carbocycles. The molecule has 1 N–H and O–H groups in total. The van der Waals surface area contributed by atoms with Gasteiger partial charge in [0.15, 0.2) is 0 Å². The standard InChI is InChI=1S/C19H22ClNO2S/c1-14-9-15(2)11-16(10-14)12-24-13-19(22)21-7-8-23-18-5-3-17(20)4-6-18/h3-6,9-11H,7-8,12-13H2,1-2H3,(H,21,22). The number of ether oxygens (including phenoxy) is 1. The van der Waals surface area contributed by atoms with Crippen LogP contribution in [0.5, 0.6) is 5.75 Å². The van der Waals surface area contributed by atoms with Crippen molar-refractivity contribution in [2.24, 2.45) is 0 Å². The van der Waals surface area contributed by atoms with Gasteiger partial charge in [-0.3, -0.25) is 4.79 Å². The summed E-state index contributed by atoms with van der Waals surface area (Å²) in [5.41, 5.74) is 3.78. The number of carbonyl (C=O) groups excluding carboxylic acids is 1. The molecule has 2 aromatic rings. The summed E-state index contributed by atoms with van der Waals surface area (Å²) in [5.74, 6) is 2.08. The Labute approximate surface area is 152 Å². The number of hydrogen-bond donors (Lipinski definition) is 1. The molecule has 0 aliphatic carbocycles. The normalized spacial score (nSPS) is 10.5. The van der Waals surface area contributed by atoms with E-state index in [4.69, 9.17) is 16.3 Å². The molecule has 0 aliphatic rings. The van der Waals surface area contributed by atoms with Crippen LogP contribution in [-0.4, -0.2) is 24.8 Å². The predicted octanol–water partition coefficient (Wildman–Crippen LogP) is 4.39. The van der Waals surface area contributed by atoms with Crippen LogP contribution < -0.4 is 10.1 Å². The van der Waals surface area contributed by atoms with Crippen LogP contribution in [0.15, 0.2) is 42.5 Å². The minimum absolute atomic E-state index is 0.0316. The van der Waals surface area contributed by atoms with Gasteiger partial charge in [-0.1, -0.05) is 40.9 Å². The van der Waals surface area contributed by atoms with E-state index in [0.717, 1.165) is 11.5 Å². The lowest BCUT2D eigenvalue weighted by molar-refractivity contribution is -0.118. The van der Waals surface area contributed by atoms with Crippen molar-refractivity contribution < 1.29 is 9.53 Å². The van der Waals surface area contributed by atoms with Crippen LogP contribution in [-0.2, 0) is 10.5 Å². The second-order valence-electron chi connectivity index (χ2n) is 5.64. The minimum atomic E-state index is 0.0316. The highest BCUT2D eigenvalue weighted by Gasteiger charge is 2.03. The van der Waals surface area contributed by atoms with Crippen LogP contribution >= 0.6 is 23.4 Å². The number of rotatable bonds is 8. The summed E-state index contributed by atoms with van der Waals surface area (Å²) in [7, 11) is 0. The molecular weight excluding hydrogens is 342 g/mol. The van der Waals surface area contributed by atoms with Crippen molar-refractivity contribution in [1.82, 2.24) is 5.32 Å². The highest BCUT2D eigenvalue weighted by atomic mass is 35.5. The lowest BCUT2D eigenvalue weighted by Crippen LogP contribution is -2.29. The van der Waals surface area contributed by atoms with Crippen molar-refractivity contribution in [3.05, 3.63) is 64.2 Å². The third kappa shape index (κ3) is 6.85. The topological polar surface area (TPSA) is 38.3 Å². The number of thioether (sulfide) groups is 1. The Morgan fingerprint density at radius 3 is 2.46 bits per heavy atom. The van der Waals surface area contributed by atoms with E-state index in [0.29, 0.717) is 23.9 Å². The maximum absolute atomic E-state index is 11.8. The molecule has 1 amide bonds. The van der Waals surface area contributed by atoms with Crippen molar-refractivity contribution in [2.75, 3.05) is 18.9 Å². The Balaban J connectivity index is 1.60. The number of benzene rings is 2. The van der Waals surface area contributed by atoms with Gasteiger partial charge in [-0.15, -0.1) is 11.8 Å². The molecule has 128 valence electrons. The summed E-state index contributed by atoms with van der Waals surface area (Å²) in [6.45, 7) is 5.11. The molecule has 0 unspecified atom stereocenters. The number of carbonyl (C=O) groups is 1. The van der Waals surface area contributed by atoms with Crippen molar-refractivity contribution in [3.8, 4) is 5.75 Å². The van der Waals surface area contributed by atoms with E-state index in [-0.39, 0.29) is 5.91 Å². The fourth-order valence-electron chi connectivity index (χ4n) is 2.36. The quantitative estimate of drug-likeness (QED) is 0.707. The Hall–Kier alpha value is -1.65. The first-order valence-electron chi connectivity index (χ1n) is 7.83. The molecule has 2 rings (SSSR count). The van der Waals surface area contributed by atoms with Crippen LogP contribution in [0.2, 0.25) is 5.02 Å². The lowest BCUT2D eigenvalue weighted by atomic mass is 10.1. The highest BCUT2D eigenvalue weighted by molar-refractivity contribution is 7.99. The van der Waals surface area contributed by atoms with Gasteiger partial charge >= 0.3 is 0 Å². The first kappa shape index (κ1) is 18.7. The second kappa shape index (κ2) is 9.60. The van der Waals surface area contributed by atoms with E-state index in [1.165, 1.54) is 16.7 Å². The van der Waals surface area contributed by atoms with E-state index in [1.807, 2.05) is 12.1 Å². The highest BCUT2D eigenvalue weighted by Crippen LogP contribution is 2.16. The van der Waals surface area contributed by atoms with E-state index in [2.05, 4.69) is 37.4 Å². The molecule has 0 aromatic heterocycles. The molecule has 2 aromatic carbocycles. The number of halogens is 1. The van der Waals surface area contributed by atoms with Gasteiger partial charge in [-0.25, -0.2) is 0 Å². The van der Waals surface area contributed by atoms with Gasteiger partial charge in [0.1, 0.15) is 12.4 Å². The largest absolute Gasteiger partial charge is 0.492 e. The van der Waals surface area contributed by atoms with E-state index in [9.17, 15) is 4.79 Å². The van der Waals surface area contributed by atoms with Gasteiger partial charge in [0.05, 0.1) is 12.3 Å². The van der Waals surface area contributed by atoms with Gasteiger partial charge < -0.3 is 10.1 Å². The Bertz CT molecular complexity index is 653. The van der Waals surface area contributed by atoms with Gasteiger partial charge in [0, 0.05) is 10.8 Å². The average Bonchev–Trinajstić information content (AvgIpc) is 2.52. The van der Waals surface area contributed by atoms with Gasteiger partial charge in [0.2, 0.25) is 5.91 Å². The summed E-state index contributed by atoms with van der Waals surface area (Å²) in [4.78, 5) is 11.8. The molecule has 0 bridgehead atoms. The SMILES string of the molecule is Cc1cc(C)cc(CSCC(=O)NCCOc2ccc(Cl)cc2)c1. The van der Waals surface area contributed by atoms with E-state index in [1.54, 1.807) is 23.9 Å². The predicted molar refractivity (Wildman–Crippen MR) is 102 cm³/mol. The van der Waals surface area contributed by atoms with Crippen molar-refractivity contribution in [3.63, 3.8) is 0 Å². The first-order valence-corrected chi connectivity index (χ1v) is 9.36. The van der Waals surface area contributed by atoms with Crippen molar-refractivity contribution in [1.29, 1.82) is 0 Å². The molecule has 0 atom stereocenters. The van der Waals surface area contributed by atoms with Crippen LogP contribution in [0, 0.1) is 13.8 Å². The maximum atomic E-state index is 11.8. The molecule has 5 heteroatoms. The molecule has 0 radical (unpaired) electrons. The Morgan fingerprint density at radius 1 is 1.12 bits per heavy atom. The van der Waals surface area contributed by atoms with Crippen LogP contribution in [0.1, 0.15) is 16.7 Å². The monoisotopic (exact) mass is 363 g/mol. The lowest BCUT2D eigenvalue weighted by Gasteiger charge is -2.08. The number of hydrogen-bond acceptors (Lipinski definition) is 3. The van der Waals surface area contributed by atoms with Crippen molar-refractivity contribution >= 4 is 29.3 Å². The molecule has 0 fully saturated rings. The minimum Gasteiger partial charge on any atom is -0.492 e. The zero-order valence-corrected chi connectivity index (χ0v) is 15.5. The van der Waals surface area contributed by atoms with Gasteiger partial charge in [-0.2, -0.15) is 0 Å². The second-order valence-corrected chi connectivity index (χ2v) is 7.06. The van der Waals surface area contributed by atoms with Gasteiger partial charge in [-0.05, 0) is 43.7 Å². The molecule has 0 saturated heterocycles. The summed E-state index contributed by atoms with van der Waals surface area (Å²) in [6, 6.07) is 13.7. The summed E-state index contributed by atoms with van der Waals surface area (Å²) >= 11 is 7.43. The zero-order valence-electron chi connectivity index (χ0n) is 14.0. The number of aryl methyl sites for hydroxylation is 2. The molecule has 3 nitrogen and oxygen atoms in total. The average molecular weight is 364 g/mol. The van der Waals surface area contributed by atoms with Crippen LogP contribution in [0.4, 0.5) is 0 Å². The maximum Gasteiger partial charge on any atom is 0.230 e. The van der Waals surface area contributed by atoms with Crippen molar-refractivity contribution in [2.45, 2.75) is 19.6 Å². The zero-order chi connectivity index (χ0) is 17.4. The number of amides is 1.